The van der Waals surface area contributed by atoms with E-state index in [1.165, 1.54) is 17.1 Å². The molecule has 0 radical (unpaired) electrons. The van der Waals surface area contributed by atoms with Gasteiger partial charge in [0.1, 0.15) is 23.6 Å². The van der Waals surface area contributed by atoms with Crippen LogP contribution in [0.15, 0.2) is 36.8 Å². The zero-order valence-electron chi connectivity index (χ0n) is 16.2. The number of aromatic nitrogens is 4. The van der Waals surface area contributed by atoms with Crippen LogP contribution in [0.2, 0.25) is 0 Å². The highest BCUT2D eigenvalue weighted by atomic mass is 19.1. The first-order chi connectivity index (χ1) is 14.2. The minimum Gasteiger partial charge on any atom is -0.354 e. The van der Waals surface area contributed by atoms with E-state index in [-0.39, 0.29) is 17.8 Å². The summed E-state index contributed by atoms with van der Waals surface area (Å²) >= 11 is 0. The maximum Gasteiger partial charge on any atom is 0.222 e. The zero-order chi connectivity index (χ0) is 19.8. The van der Waals surface area contributed by atoms with Crippen molar-refractivity contribution in [1.29, 1.82) is 0 Å². The Kier molecular flexibility index (Phi) is 4.61. The number of benzene rings is 1. The van der Waals surface area contributed by atoms with Crippen LogP contribution in [0.25, 0.3) is 16.7 Å². The third-order valence-electron chi connectivity index (χ3n) is 5.92. The molecule has 29 heavy (non-hydrogen) atoms. The monoisotopic (exact) mass is 394 g/mol. The van der Waals surface area contributed by atoms with Gasteiger partial charge in [-0.15, -0.1) is 0 Å². The molecule has 2 aliphatic rings. The average molecular weight is 394 g/mol. The van der Waals surface area contributed by atoms with Gasteiger partial charge in [-0.05, 0) is 37.8 Å². The molecule has 1 unspecified atom stereocenters. The first-order valence-corrected chi connectivity index (χ1v) is 10.2. The van der Waals surface area contributed by atoms with Gasteiger partial charge in [-0.2, -0.15) is 5.10 Å². The zero-order valence-corrected chi connectivity index (χ0v) is 16.2. The van der Waals surface area contributed by atoms with Crippen molar-refractivity contribution in [2.75, 3.05) is 24.5 Å². The predicted octanol–water partition coefficient (Wildman–Crippen LogP) is 2.94. The maximum absolute atomic E-state index is 14.3. The first kappa shape index (κ1) is 18.0. The van der Waals surface area contributed by atoms with Crippen LogP contribution in [0.5, 0.6) is 0 Å². The van der Waals surface area contributed by atoms with E-state index in [4.69, 9.17) is 0 Å². The number of nitrogens with zero attached hydrogens (tertiary/aromatic N) is 6. The Balaban J connectivity index is 1.47. The topological polar surface area (TPSA) is 67.2 Å². The smallest absolute Gasteiger partial charge is 0.222 e. The van der Waals surface area contributed by atoms with E-state index in [9.17, 15) is 9.18 Å². The van der Waals surface area contributed by atoms with Gasteiger partial charge in [0.25, 0.3) is 0 Å². The number of piperidine rings is 2. The van der Waals surface area contributed by atoms with Crippen molar-refractivity contribution < 1.29 is 9.18 Å². The maximum atomic E-state index is 14.3. The van der Waals surface area contributed by atoms with Crippen molar-refractivity contribution in [3.05, 3.63) is 42.6 Å². The van der Waals surface area contributed by atoms with E-state index in [1.807, 2.05) is 0 Å². The SMILES string of the molecule is O=C1CCCCN1C1CCCN(c2ncnc3c2cnn3-c2ccccc2F)C1. The predicted molar refractivity (Wildman–Crippen MR) is 107 cm³/mol. The molecular formula is C21H23FN6O. The summed E-state index contributed by atoms with van der Waals surface area (Å²) in [5.74, 6) is 0.717. The lowest BCUT2D eigenvalue weighted by molar-refractivity contribution is -0.135. The fraction of sp³-hybridized carbons (Fsp3) is 0.429. The van der Waals surface area contributed by atoms with E-state index >= 15 is 0 Å². The van der Waals surface area contributed by atoms with Gasteiger partial charge in [-0.25, -0.2) is 19.0 Å². The van der Waals surface area contributed by atoms with Gasteiger partial charge in [0.05, 0.1) is 11.6 Å². The Bertz CT molecular complexity index is 1050. The third kappa shape index (κ3) is 3.22. The second kappa shape index (κ2) is 7.42. The second-order valence-electron chi connectivity index (χ2n) is 7.73. The lowest BCUT2D eigenvalue weighted by Crippen LogP contribution is -2.52. The molecule has 1 amide bonds. The number of anilines is 1. The number of rotatable bonds is 3. The number of halogens is 1. The third-order valence-corrected chi connectivity index (χ3v) is 5.92. The molecule has 2 fully saturated rings. The van der Waals surface area contributed by atoms with Crippen molar-refractivity contribution in [1.82, 2.24) is 24.6 Å². The number of para-hydroxylation sites is 1. The molecule has 5 rings (SSSR count). The largest absolute Gasteiger partial charge is 0.354 e. The van der Waals surface area contributed by atoms with Crippen molar-refractivity contribution >= 4 is 22.8 Å². The van der Waals surface area contributed by atoms with Crippen LogP contribution in [-0.4, -0.2) is 56.2 Å². The Morgan fingerprint density at radius 2 is 1.97 bits per heavy atom. The average Bonchev–Trinajstić information content (AvgIpc) is 3.18. The van der Waals surface area contributed by atoms with Crippen molar-refractivity contribution in [3.63, 3.8) is 0 Å². The number of hydrogen-bond acceptors (Lipinski definition) is 5. The molecule has 1 aromatic carbocycles. The molecule has 4 heterocycles. The Morgan fingerprint density at radius 1 is 1.07 bits per heavy atom. The summed E-state index contributed by atoms with van der Waals surface area (Å²) in [7, 11) is 0. The molecular weight excluding hydrogens is 371 g/mol. The molecule has 0 spiro atoms. The second-order valence-corrected chi connectivity index (χ2v) is 7.73. The van der Waals surface area contributed by atoms with Crippen molar-refractivity contribution in [2.24, 2.45) is 0 Å². The van der Waals surface area contributed by atoms with E-state index in [0.29, 0.717) is 17.8 Å². The van der Waals surface area contributed by atoms with Crippen LogP contribution < -0.4 is 4.90 Å². The van der Waals surface area contributed by atoms with Crippen LogP contribution in [0.1, 0.15) is 32.1 Å². The highest BCUT2D eigenvalue weighted by Gasteiger charge is 2.31. The minimum absolute atomic E-state index is 0.211. The van der Waals surface area contributed by atoms with Crippen molar-refractivity contribution in [3.8, 4) is 5.69 Å². The summed E-state index contributed by atoms with van der Waals surface area (Å²) in [5, 5.41) is 5.18. The number of hydrogen-bond donors (Lipinski definition) is 0. The summed E-state index contributed by atoms with van der Waals surface area (Å²) < 4.78 is 15.8. The molecule has 2 aliphatic heterocycles. The lowest BCUT2D eigenvalue weighted by atomic mass is 10.00. The molecule has 2 aromatic heterocycles. The van der Waals surface area contributed by atoms with Crippen LogP contribution in [-0.2, 0) is 4.79 Å². The molecule has 0 saturated carbocycles. The van der Waals surface area contributed by atoms with Gasteiger partial charge in [0.15, 0.2) is 5.65 Å². The van der Waals surface area contributed by atoms with Gasteiger partial charge < -0.3 is 9.80 Å². The fourth-order valence-electron chi connectivity index (χ4n) is 4.50. The number of likely N-dealkylation sites (tertiary alicyclic amines) is 1. The van der Waals surface area contributed by atoms with Gasteiger partial charge >= 0.3 is 0 Å². The molecule has 0 N–H and O–H groups in total. The molecule has 3 aromatic rings. The molecule has 0 aliphatic carbocycles. The highest BCUT2D eigenvalue weighted by Crippen LogP contribution is 2.29. The standard InChI is InChI=1S/C21H23FN6O/c22-17-7-1-2-8-18(17)28-21-16(12-25-28)20(23-14-24-21)26-10-5-6-15(13-26)27-11-4-3-9-19(27)29/h1-2,7-8,12,14-15H,3-6,9-11,13H2. The lowest BCUT2D eigenvalue weighted by Gasteiger charge is -2.41. The van der Waals surface area contributed by atoms with Crippen LogP contribution in [0.3, 0.4) is 0 Å². The summed E-state index contributed by atoms with van der Waals surface area (Å²) in [6.07, 6.45) is 7.96. The van der Waals surface area contributed by atoms with Crippen LogP contribution in [0, 0.1) is 5.82 Å². The Labute approximate surface area is 168 Å². The van der Waals surface area contributed by atoms with Gasteiger partial charge in [0, 0.05) is 32.1 Å². The molecule has 0 bridgehead atoms. The fourth-order valence-corrected chi connectivity index (χ4v) is 4.50. The minimum atomic E-state index is -0.348. The summed E-state index contributed by atoms with van der Waals surface area (Å²) in [4.78, 5) is 25.5. The molecule has 7 nitrogen and oxygen atoms in total. The summed E-state index contributed by atoms with van der Waals surface area (Å²) in [6.45, 7) is 2.47. The van der Waals surface area contributed by atoms with Gasteiger partial charge in [0.2, 0.25) is 5.91 Å². The number of carbonyl (C=O) groups is 1. The van der Waals surface area contributed by atoms with Crippen LogP contribution in [0.4, 0.5) is 10.2 Å². The molecule has 1 atom stereocenters. The molecule has 2 saturated heterocycles. The Hall–Kier alpha value is -3.03. The van der Waals surface area contributed by atoms with E-state index in [0.717, 1.165) is 56.5 Å². The number of fused-ring (bicyclic) bond motifs is 1. The Morgan fingerprint density at radius 3 is 2.83 bits per heavy atom. The highest BCUT2D eigenvalue weighted by molar-refractivity contribution is 5.87. The normalized spacial score (nSPS) is 20.4. The van der Waals surface area contributed by atoms with E-state index < -0.39 is 0 Å². The quantitative estimate of drug-likeness (QED) is 0.683. The number of carbonyl (C=O) groups excluding carboxylic acids is 1. The van der Waals surface area contributed by atoms with Gasteiger partial charge in [-0.3, -0.25) is 4.79 Å². The first-order valence-electron chi connectivity index (χ1n) is 10.2. The molecule has 150 valence electrons. The van der Waals surface area contributed by atoms with E-state index in [2.05, 4.69) is 24.9 Å². The molecule has 8 heteroatoms. The van der Waals surface area contributed by atoms with E-state index in [1.54, 1.807) is 24.4 Å². The number of amides is 1. The van der Waals surface area contributed by atoms with Gasteiger partial charge in [-0.1, -0.05) is 12.1 Å². The van der Waals surface area contributed by atoms with Crippen molar-refractivity contribution in [2.45, 2.75) is 38.1 Å². The summed E-state index contributed by atoms with van der Waals surface area (Å²) in [5.41, 5.74) is 0.943. The summed E-state index contributed by atoms with van der Waals surface area (Å²) in [6, 6.07) is 6.74. The van der Waals surface area contributed by atoms with Crippen LogP contribution >= 0.6 is 0 Å².